The second kappa shape index (κ2) is 4.93. The summed E-state index contributed by atoms with van der Waals surface area (Å²) < 4.78 is 8.11. The molecule has 0 aromatic heterocycles. The van der Waals surface area contributed by atoms with Gasteiger partial charge in [-0.1, -0.05) is 49.4 Å². The Morgan fingerprint density at radius 1 is 1.31 bits per heavy atom. The third-order valence-electron chi connectivity index (χ3n) is 2.63. The molecule has 78 valence electrons. The molecule has 0 aliphatic rings. The molecule has 0 N–H and O–H groups in total. The zero-order valence-electron chi connectivity index (χ0n) is 9.52. The lowest BCUT2D eigenvalue weighted by Crippen LogP contribution is -2.42. The van der Waals surface area contributed by atoms with Crippen LogP contribution in [0.3, 0.4) is 0 Å². The van der Waals surface area contributed by atoms with Crippen molar-refractivity contribution in [3.63, 3.8) is 0 Å². The van der Waals surface area contributed by atoms with Crippen molar-refractivity contribution in [2.24, 2.45) is 0 Å². The summed E-state index contributed by atoms with van der Waals surface area (Å²) in [5, 5.41) is 0.306. The number of hydrogen-bond acceptors (Lipinski definition) is 1. The minimum atomic E-state index is -1.56. The molecule has 3 heteroatoms. The van der Waals surface area contributed by atoms with Crippen LogP contribution < -0.4 is 0 Å². The van der Waals surface area contributed by atoms with Crippen LogP contribution in [0.15, 0.2) is 10.2 Å². The van der Waals surface area contributed by atoms with Crippen LogP contribution in [0.1, 0.15) is 27.7 Å². The molecule has 0 spiro atoms. The molecule has 0 aliphatic heterocycles. The average Bonchev–Trinajstić information content (AvgIpc) is 1.83. The highest BCUT2D eigenvalue weighted by Gasteiger charge is 2.37. The molecule has 0 aliphatic carbocycles. The fourth-order valence-electron chi connectivity index (χ4n) is 0.783. The molecule has 0 rings (SSSR count). The second-order valence-electron chi connectivity index (χ2n) is 4.90. The minimum absolute atomic E-state index is 0.248. The molecule has 0 aromatic carbocycles. The van der Waals surface area contributed by atoms with Gasteiger partial charge in [-0.3, -0.25) is 0 Å². The fourth-order valence-corrected chi connectivity index (χ4v) is 2.73. The van der Waals surface area contributed by atoms with Crippen LogP contribution in [-0.4, -0.2) is 14.4 Å². The molecule has 0 heterocycles. The summed E-state index contributed by atoms with van der Waals surface area (Å²) in [6.45, 7) is 13.5. The lowest BCUT2D eigenvalue weighted by atomic mass is 10.2. The van der Waals surface area contributed by atoms with Gasteiger partial charge in [0.15, 0.2) is 8.32 Å². The highest BCUT2D eigenvalue weighted by atomic mass is 127. The Morgan fingerprint density at radius 3 is 2.08 bits per heavy atom. The second-order valence-corrected chi connectivity index (χ2v) is 10.4. The highest BCUT2D eigenvalue weighted by molar-refractivity contribution is 14.1. The van der Waals surface area contributed by atoms with Gasteiger partial charge in [-0.25, -0.2) is 0 Å². The summed E-state index contributed by atoms with van der Waals surface area (Å²) in [4.78, 5) is 0. The molecule has 13 heavy (non-hydrogen) atoms. The Morgan fingerprint density at radius 2 is 1.77 bits per heavy atom. The maximum atomic E-state index is 6.09. The fraction of sp³-hybridized carbons (Fsp3) is 0.800. The monoisotopic (exact) mass is 312 g/mol. The molecule has 0 unspecified atom stereocenters. The zero-order chi connectivity index (χ0) is 10.7. The van der Waals surface area contributed by atoms with Crippen LogP contribution in [0, 0.1) is 0 Å². The molecule has 1 nitrogen and oxygen atoms in total. The van der Waals surface area contributed by atoms with E-state index in [2.05, 4.69) is 69.5 Å². The van der Waals surface area contributed by atoms with Gasteiger partial charge in [0, 0.05) is 0 Å². The molecule has 0 bridgehead atoms. The topological polar surface area (TPSA) is 9.23 Å². The van der Waals surface area contributed by atoms with E-state index in [0.717, 1.165) is 0 Å². The lowest BCUT2D eigenvalue weighted by Gasteiger charge is -2.37. The Balaban J connectivity index is 4.33. The van der Waals surface area contributed by atoms with E-state index in [1.165, 1.54) is 0 Å². The largest absolute Gasteiger partial charge is 0.411 e. The summed E-state index contributed by atoms with van der Waals surface area (Å²) in [6.07, 6.45) is 2.35. The summed E-state index contributed by atoms with van der Waals surface area (Å²) in [7, 11) is -1.56. The Hall–Kier alpha value is 0.647. The standard InChI is InChI=1S/C10H21IOSi/c1-9(7-8-11)12-13(5,6)10(2,3)4/h7-9H,1-6H3/b8-7-/t9-/m0/s1. The Kier molecular flexibility index (Phi) is 5.18. The summed E-state index contributed by atoms with van der Waals surface area (Å²) in [5.41, 5.74) is 0. The third kappa shape index (κ3) is 4.60. The first-order valence-corrected chi connectivity index (χ1v) is 8.81. The van der Waals surface area contributed by atoms with Crippen molar-refractivity contribution in [2.45, 2.75) is 51.9 Å². The summed E-state index contributed by atoms with van der Waals surface area (Å²) >= 11 is 2.23. The maximum Gasteiger partial charge on any atom is 0.192 e. The van der Waals surface area contributed by atoms with E-state index in [1.54, 1.807) is 0 Å². The van der Waals surface area contributed by atoms with Crippen molar-refractivity contribution >= 4 is 30.9 Å². The Labute approximate surface area is 97.2 Å². The van der Waals surface area contributed by atoms with E-state index in [0.29, 0.717) is 5.04 Å². The molecular formula is C10H21IOSi. The van der Waals surface area contributed by atoms with E-state index in [1.807, 2.05) is 4.08 Å². The first-order valence-electron chi connectivity index (χ1n) is 4.65. The molecule has 0 radical (unpaired) electrons. The predicted molar refractivity (Wildman–Crippen MR) is 70.9 cm³/mol. The van der Waals surface area contributed by atoms with Gasteiger partial charge in [-0.2, -0.15) is 0 Å². The van der Waals surface area contributed by atoms with Crippen LogP contribution in [-0.2, 0) is 4.43 Å². The van der Waals surface area contributed by atoms with Crippen LogP contribution in [0.4, 0.5) is 0 Å². The number of hydrogen-bond donors (Lipinski definition) is 0. The van der Waals surface area contributed by atoms with E-state index in [4.69, 9.17) is 4.43 Å². The van der Waals surface area contributed by atoms with E-state index in [-0.39, 0.29) is 6.10 Å². The third-order valence-corrected chi connectivity index (χ3v) is 7.62. The van der Waals surface area contributed by atoms with Crippen LogP contribution in [0.2, 0.25) is 18.1 Å². The van der Waals surface area contributed by atoms with Crippen LogP contribution in [0.25, 0.3) is 0 Å². The molecule has 0 saturated carbocycles. The molecule has 0 saturated heterocycles. The van der Waals surface area contributed by atoms with Crippen molar-refractivity contribution in [1.29, 1.82) is 0 Å². The smallest absolute Gasteiger partial charge is 0.192 e. The first kappa shape index (κ1) is 13.6. The zero-order valence-corrected chi connectivity index (χ0v) is 12.7. The van der Waals surface area contributed by atoms with E-state index >= 15 is 0 Å². The molecule has 1 atom stereocenters. The van der Waals surface area contributed by atoms with E-state index in [9.17, 15) is 0 Å². The van der Waals surface area contributed by atoms with Gasteiger partial charge in [0.2, 0.25) is 0 Å². The molecular weight excluding hydrogens is 291 g/mol. The minimum Gasteiger partial charge on any atom is -0.411 e. The van der Waals surface area contributed by atoms with Gasteiger partial charge in [-0.05, 0) is 29.1 Å². The summed E-state index contributed by atoms with van der Waals surface area (Å²) in [5.74, 6) is 0. The molecule has 0 fully saturated rings. The summed E-state index contributed by atoms with van der Waals surface area (Å²) in [6, 6.07) is 0. The quantitative estimate of drug-likeness (QED) is 0.556. The normalized spacial score (nSPS) is 16.5. The molecule has 0 amide bonds. The van der Waals surface area contributed by atoms with Gasteiger partial charge in [0.25, 0.3) is 0 Å². The number of halogens is 1. The van der Waals surface area contributed by atoms with Crippen LogP contribution in [0.5, 0.6) is 0 Å². The van der Waals surface area contributed by atoms with Gasteiger partial charge in [0.1, 0.15) is 0 Å². The van der Waals surface area contributed by atoms with Gasteiger partial charge in [-0.15, -0.1) is 0 Å². The van der Waals surface area contributed by atoms with Gasteiger partial charge >= 0.3 is 0 Å². The van der Waals surface area contributed by atoms with Crippen LogP contribution >= 0.6 is 22.6 Å². The van der Waals surface area contributed by atoms with E-state index < -0.39 is 8.32 Å². The maximum absolute atomic E-state index is 6.09. The van der Waals surface area contributed by atoms with Crippen molar-refractivity contribution in [3.8, 4) is 0 Å². The van der Waals surface area contributed by atoms with Gasteiger partial charge in [0.05, 0.1) is 6.10 Å². The van der Waals surface area contributed by atoms with Crippen molar-refractivity contribution < 1.29 is 4.43 Å². The van der Waals surface area contributed by atoms with Crippen molar-refractivity contribution in [3.05, 3.63) is 10.2 Å². The Bertz CT molecular complexity index is 182. The lowest BCUT2D eigenvalue weighted by molar-refractivity contribution is 0.243. The first-order chi connectivity index (χ1) is 5.70. The van der Waals surface area contributed by atoms with Crippen molar-refractivity contribution in [1.82, 2.24) is 0 Å². The average molecular weight is 312 g/mol. The molecule has 0 aromatic rings. The highest BCUT2D eigenvalue weighted by Crippen LogP contribution is 2.37. The van der Waals surface area contributed by atoms with Gasteiger partial charge < -0.3 is 4.43 Å². The SMILES string of the molecule is C[C@@H](/C=C\I)O[Si](C)(C)C(C)(C)C. The van der Waals surface area contributed by atoms with Crippen molar-refractivity contribution in [2.75, 3.05) is 0 Å². The predicted octanol–water partition coefficient (Wildman–Crippen LogP) is 4.35. The number of rotatable bonds is 3.